The molecule has 0 amide bonds. The van der Waals surface area contributed by atoms with Crippen molar-refractivity contribution in [2.75, 3.05) is 13.7 Å². The second-order valence-electron chi connectivity index (χ2n) is 5.53. The third-order valence-corrected chi connectivity index (χ3v) is 3.95. The standard InChI is InChI=1S/C16H26O7/c1-4-10(22-3)6-5-9(2)11(18)7-12-14(19)16(21)15(20)13(8-17)23-12/h5-6,12-17,19-21H,4,7-8H2,1-3H3/b9-5+,10-6+/t12?,13?,14-,15+,16?/m0/s1. The van der Waals surface area contributed by atoms with Crippen LogP contribution in [0.25, 0.3) is 0 Å². The first-order valence-corrected chi connectivity index (χ1v) is 7.60. The van der Waals surface area contributed by atoms with Gasteiger partial charge in [0.25, 0.3) is 0 Å². The van der Waals surface area contributed by atoms with Gasteiger partial charge >= 0.3 is 0 Å². The Bertz CT molecular complexity index is 449. The number of allylic oxidation sites excluding steroid dienone is 4. The van der Waals surface area contributed by atoms with Crippen molar-refractivity contribution < 1.29 is 34.7 Å². The molecule has 7 nitrogen and oxygen atoms in total. The normalized spacial score (nSPS) is 32.7. The summed E-state index contributed by atoms with van der Waals surface area (Å²) in [7, 11) is 1.55. The first-order valence-electron chi connectivity index (χ1n) is 7.60. The number of hydrogen-bond acceptors (Lipinski definition) is 7. The van der Waals surface area contributed by atoms with Crippen molar-refractivity contribution >= 4 is 5.78 Å². The molecule has 5 atom stereocenters. The van der Waals surface area contributed by atoms with Crippen molar-refractivity contribution in [2.24, 2.45) is 0 Å². The quantitative estimate of drug-likeness (QED) is 0.287. The molecule has 0 aromatic carbocycles. The van der Waals surface area contributed by atoms with Gasteiger partial charge in [0.15, 0.2) is 5.78 Å². The van der Waals surface area contributed by atoms with Gasteiger partial charge in [-0.05, 0) is 18.6 Å². The molecule has 1 heterocycles. The highest BCUT2D eigenvalue weighted by molar-refractivity contribution is 5.95. The zero-order valence-electron chi connectivity index (χ0n) is 13.7. The van der Waals surface area contributed by atoms with Crippen molar-refractivity contribution in [2.45, 2.75) is 57.2 Å². The summed E-state index contributed by atoms with van der Waals surface area (Å²) < 4.78 is 10.4. The SMILES string of the molecule is CC/C(=C\C=C(/C)C(=O)CC1OC(CO)[C@@H](O)C(O)[C@H]1O)OC. The minimum atomic E-state index is -1.47. The fourth-order valence-electron chi connectivity index (χ4n) is 2.33. The highest BCUT2D eigenvalue weighted by atomic mass is 16.5. The van der Waals surface area contributed by atoms with Crippen molar-refractivity contribution in [1.29, 1.82) is 0 Å². The Balaban J connectivity index is 2.75. The van der Waals surface area contributed by atoms with Crippen LogP contribution >= 0.6 is 0 Å². The van der Waals surface area contributed by atoms with Gasteiger partial charge in [-0.15, -0.1) is 0 Å². The summed E-state index contributed by atoms with van der Waals surface area (Å²) in [5.41, 5.74) is 0.449. The minimum Gasteiger partial charge on any atom is -0.501 e. The summed E-state index contributed by atoms with van der Waals surface area (Å²) in [4.78, 5) is 12.2. The van der Waals surface area contributed by atoms with Crippen LogP contribution in [0.1, 0.15) is 26.7 Å². The molecule has 0 saturated carbocycles. The molecule has 0 bridgehead atoms. The molecule has 0 aromatic heterocycles. The minimum absolute atomic E-state index is 0.161. The monoisotopic (exact) mass is 330 g/mol. The Hall–Kier alpha value is -1.25. The number of carbonyl (C=O) groups is 1. The molecule has 1 rings (SSSR count). The van der Waals surface area contributed by atoms with Gasteiger partial charge in [0.2, 0.25) is 0 Å². The van der Waals surface area contributed by atoms with E-state index >= 15 is 0 Å². The van der Waals surface area contributed by atoms with E-state index in [1.54, 1.807) is 26.2 Å². The van der Waals surface area contributed by atoms with Crippen LogP contribution in [-0.4, -0.2) is 70.4 Å². The maximum atomic E-state index is 12.2. The topological polar surface area (TPSA) is 116 Å². The fraction of sp³-hybridized carbons (Fsp3) is 0.688. The molecule has 1 saturated heterocycles. The van der Waals surface area contributed by atoms with Crippen LogP contribution in [0, 0.1) is 0 Å². The van der Waals surface area contributed by atoms with E-state index in [1.165, 1.54) is 0 Å². The third-order valence-electron chi connectivity index (χ3n) is 3.95. The van der Waals surface area contributed by atoms with Crippen molar-refractivity contribution in [3.8, 4) is 0 Å². The molecule has 0 aromatic rings. The van der Waals surface area contributed by atoms with Gasteiger partial charge in [-0.1, -0.05) is 13.0 Å². The van der Waals surface area contributed by atoms with Crippen LogP contribution in [-0.2, 0) is 14.3 Å². The highest BCUT2D eigenvalue weighted by Crippen LogP contribution is 2.24. The summed E-state index contributed by atoms with van der Waals surface area (Å²) in [6.45, 7) is 3.04. The Morgan fingerprint density at radius 1 is 1.13 bits per heavy atom. The Morgan fingerprint density at radius 2 is 1.74 bits per heavy atom. The van der Waals surface area contributed by atoms with Gasteiger partial charge in [0, 0.05) is 12.8 Å². The van der Waals surface area contributed by atoms with Crippen LogP contribution in [0.5, 0.6) is 0 Å². The second kappa shape index (κ2) is 9.14. The van der Waals surface area contributed by atoms with Gasteiger partial charge in [0.05, 0.1) is 25.6 Å². The smallest absolute Gasteiger partial charge is 0.161 e. The number of carbonyl (C=O) groups excluding carboxylic acids is 1. The third kappa shape index (κ3) is 5.12. The lowest BCUT2D eigenvalue weighted by Gasteiger charge is -2.39. The molecule has 3 unspecified atom stereocenters. The Kier molecular flexibility index (Phi) is 7.87. The molecular weight excluding hydrogens is 304 g/mol. The summed E-state index contributed by atoms with van der Waals surface area (Å²) >= 11 is 0. The van der Waals surface area contributed by atoms with Crippen LogP contribution in [0.2, 0.25) is 0 Å². The van der Waals surface area contributed by atoms with Gasteiger partial charge in [-0.3, -0.25) is 4.79 Å². The predicted molar refractivity (Wildman–Crippen MR) is 82.5 cm³/mol. The summed E-state index contributed by atoms with van der Waals surface area (Å²) in [5, 5.41) is 38.5. The second-order valence-corrected chi connectivity index (χ2v) is 5.53. The van der Waals surface area contributed by atoms with E-state index < -0.39 is 37.1 Å². The molecule has 23 heavy (non-hydrogen) atoms. The lowest BCUT2D eigenvalue weighted by atomic mass is 9.91. The number of ether oxygens (including phenoxy) is 2. The van der Waals surface area contributed by atoms with E-state index in [4.69, 9.17) is 14.6 Å². The molecule has 0 aliphatic carbocycles. The summed E-state index contributed by atoms with van der Waals surface area (Å²) in [6, 6.07) is 0. The van der Waals surface area contributed by atoms with E-state index in [0.717, 1.165) is 5.76 Å². The lowest BCUT2D eigenvalue weighted by Crippen LogP contribution is -2.58. The number of Topliss-reactive ketones (excluding diaryl/α,β-unsaturated/α-hetero) is 1. The van der Waals surface area contributed by atoms with Crippen LogP contribution in [0.4, 0.5) is 0 Å². The summed E-state index contributed by atoms with van der Waals surface area (Å²) in [5.74, 6) is 0.460. The lowest BCUT2D eigenvalue weighted by molar-refractivity contribution is -0.229. The van der Waals surface area contributed by atoms with E-state index in [2.05, 4.69) is 0 Å². The molecule has 4 N–H and O–H groups in total. The van der Waals surface area contributed by atoms with E-state index in [9.17, 15) is 20.1 Å². The first-order chi connectivity index (χ1) is 10.8. The molecule has 0 spiro atoms. The van der Waals surface area contributed by atoms with Gasteiger partial charge in [-0.25, -0.2) is 0 Å². The Morgan fingerprint density at radius 3 is 2.26 bits per heavy atom. The Labute approximate surface area is 135 Å². The molecule has 0 radical (unpaired) electrons. The summed E-state index contributed by atoms with van der Waals surface area (Å²) in [6.07, 6.45) is -2.43. The largest absolute Gasteiger partial charge is 0.501 e. The predicted octanol–water partition coefficient (Wildman–Crippen LogP) is -0.325. The molecule has 7 heteroatoms. The number of ketones is 1. The van der Waals surface area contributed by atoms with E-state index in [-0.39, 0.29) is 12.2 Å². The maximum Gasteiger partial charge on any atom is 0.161 e. The average Bonchev–Trinajstić information content (AvgIpc) is 2.55. The van der Waals surface area contributed by atoms with E-state index in [0.29, 0.717) is 12.0 Å². The molecular formula is C16H26O7. The van der Waals surface area contributed by atoms with Gasteiger partial charge in [0.1, 0.15) is 24.4 Å². The van der Waals surface area contributed by atoms with Gasteiger partial charge < -0.3 is 29.9 Å². The highest BCUT2D eigenvalue weighted by Gasteiger charge is 2.43. The maximum absolute atomic E-state index is 12.2. The van der Waals surface area contributed by atoms with Crippen LogP contribution in [0.3, 0.4) is 0 Å². The first kappa shape index (κ1) is 19.8. The molecule has 132 valence electrons. The van der Waals surface area contributed by atoms with Crippen LogP contribution < -0.4 is 0 Å². The fourth-order valence-corrected chi connectivity index (χ4v) is 2.33. The zero-order chi connectivity index (χ0) is 17.6. The van der Waals surface area contributed by atoms with Crippen LogP contribution in [0.15, 0.2) is 23.5 Å². The number of aliphatic hydroxyl groups is 4. The van der Waals surface area contributed by atoms with Crippen molar-refractivity contribution in [3.63, 3.8) is 0 Å². The number of hydrogen-bond donors (Lipinski definition) is 4. The van der Waals surface area contributed by atoms with Gasteiger partial charge in [-0.2, -0.15) is 0 Å². The number of aliphatic hydroxyl groups excluding tert-OH is 4. The van der Waals surface area contributed by atoms with E-state index in [1.807, 2.05) is 6.92 Å². The zero-order valence-corrected chi connectivity index (χ0v) is 13.7. The molecule has 1 fully saturated rings. The molecule has 1 aliphatic heterocycles. The average molecular weight is 330 g/mol. The van der Waals surface area contributed by atoms with Crippen molar-refractivity contribution in [3.05, 3.63) is 23.5 Å². The number of rotatable bonds is 7. The van der Waals surface area contributed by atoms with Crippen molar-refractivity contribution in [1.82, 2.24) is 0 Å². The molecule has 1 aliphatic rings. The number of methoxy groups -OCH3 is 1.